The number of aliphatic hydroxyl groups is 1. The van der Waals surface area contributed by atoms with E-state index >= 15 is 0 Å². The summed E-state index contributed by atoms with van der Waals surface area (Å²) in [6, 6.07) is 0. The highest BCUT2D eigenvalue weighted by Crippen LogP contribution is 2.16. The van der Waals surface area contributed by atoms with Gasteiger partial charge in [-0.1, -0.05) is 293 Å². The molecule has 0 saturated heterocycles. The quantitative estimate of drug-likeness (QED) is 0.0373. The van der Waals surface area contributed by atoms with Crippen LogP contribution < -0.4 is 0 Å². The number of aliphatic hydroxyl groups excluding tert-OH is 1. The van der Waals surface area contributed by atoms with Crippen LogP contribution in [0.25, 0.3) is 0 Å². The van der Waals surface area contributed by atoms with Gasteiger partial charge in [0.1, 0.15) is 6.61 Å². The number of rotatable bonds is 56. The third-order valence-corrected chi connectivity index (χ3v) is 13.0. The summed E-state index contributed by atoms with van der Waals surface area (Å²) in [5.41, 5.74) is 0. The SMILES string of the molecule is CC/C=C\C/C=C\C/C=C\C/C=C\C/C=C\C/C=C\C/C=C\C/C=C\C/C=C\CCCC(=O)OC(CO)COC(=O)CCCCCCCCCCCCCCCCCCCCC/C=C\C/C=C\C/C=C\C/C=C\C/C=C\CC. The van der Waals surface area contributed by atoms with E-state index in [2.05, 4.69) is 184 Å². The van der Waals surface area contributed by atoms with Gasteiger partial charge in [-0.25, -0.2) is 0 Å². The maximum absolute atomic E-state index is 12.3. The van der Waals surface area contributed by atoms with E-state index in [0.717, 1.165) is 116 Å². The molecule has 0 spiro atoms. The van der Waals surface area contributed by atoms with Gasteiger partial charge in [0.15, 0.2) is 6.10 Å². The number of carbonyl (C=O) groups excluding carboxylic acids is 2. The molecule has 0 aliphatic heterocycles. The van der Waals surface area contributed by atoms with Crippen molar-refractivity contribution in [2.45, 2.75) is 264 Å². The molecule has 0 radical (unpaired) electrons. The lowest BCUT2D eigenvalue weighted by Gasteiger charge is -2.15. The largest absolute Gasteiger partial charge is 0.462 e. The molecule has 438 valence electrons. The van der Waals surface area contributed by atoms with Crippen LogP contribution in [0.5, 0.6) is 0 Å². The number of unbranched alkanes of at least 4 members (excludes halogenated alkanes) is 20. The maximum Gasteiger partial charge on any atom is 0.306 e. The van der Waals surface area contributed by atoms with Crippen LogP contribution in [-0.2, 0) is 19.1 Å². The summed E-state index contributed by atoms with van der Waals surface area (Å²) in [5, 5.41) is 9.67. The van der Waals surface area contributed by atoms with Crippen molar-refractivity contribution in [3.05, 3.63) is 170 Å². The van der Waals surface area contributed by atoms with Crippen LogP contribution in [0, 0.1) is 0 Å². The van der Waals surface area contributed by atoms with Crippen molar-refractivity contribution in [2.75, 3.05) is 13.2 Å². The van der Waals surface area contributed by atoms with Crippen LogP contribution in [0.4, 0.5) is 0 Å². The van der Waals surface area contributed by atoms with Crippen molar-refractivity contribution in [1.82, 2.24) is 0 Å². The molecule has 0 aliphatic rings. The molecule has 0 aromatic heterocycles. The van der Waals surface area contributed by atoms with E-state index in [-0.39, 0.29) is 31.6 Å². The Morgan fingerprint density at radius 3 is 0.808 bits per heavy atom. The number of hydrogen-bond donors (Lipinski definition) is 1. The average molecular weight is 1070 g/mol. The molecule has 5 nitrogen and oxygen atoms in total. The van der Waals surface area contributed by atoms with Gasteiger partial charge in [0.05, 0.1) is 6.61 Å². The molecule has 0 aliphatic carbocycles. The van der Waals surface area contributed by atoms with Crippen LogP contribution in [0.2, 0.25) is 0 Å². The van der Waals surface area contributed by atoms with Gasteiger partial charge >= 0.3 is 11.9 Å². The van der Waals surface area contributed by atoms with E-state index in [1.165, 1.54) is 109 Å². The summed E-state index contributed by atoms with van der Waals surface area (Å²) in [6.45, 7) is 3.87. The van der Waals surface area contributed by atoms with Gasteiger partial charge in [-0.3, -0.25) is 9.59 Å². The third-order valence-electron chi connectivity index (χ3n) is 13.0. The molecule has 1 N–H and O–H groups in total. The Morgan fingerprint density at radius 1 is 0.295 bits per heavy atom. The third kappa shape index (κ3) is 63.8. The van der Waals surface area contributed by atoms with Crippen LogP contribution in [0.1, 0.15) is 258 Å². The second kappa shape index (κ2) is 66.5. The number of allylic oxidation sites excluding steroid dienone is 28. The molecule has 0 saturated carbocycles. The highest BCUT2D eigenvalue weighted by Gasteiger charge is 2.16. The minimum absolute atomic E-state index is 0.0979. The molecule has 1 unspecified atom stereocenters. The molecule has 0 rings (SSSR count). The molecular formula is C73H116O5. The van der Waals surface area contributed by atoms with Crippen molar-refractivity contribution in [3.8, 4) is 0 Å². The Balaban J connectivity index is 3.59. The van der Waals surface area contributed by atoms with Crippen LogP contribution in [-0.4, -0.2) is 36.4 Å². The van der Waals surface area contributed by atoms with Gasteiger partial charge < -0.3 is 14.6 Å². The zero-order valence-corrected chi connectivity index (χ0v) is 50.1. The molecule has 0 bridgehead atoms. The van der Waals surface area contributed by atoms with Crippen molar-refractivity contribution >= 4 is 11.9 Å². The van der Waals surface area contributed by atoms with E-state index in [0.29, 0.717) is 12.8 Å². The van der Waals surface area contributed by atoms with Crippen LogP contribution in [0.3, 0.4) is 0 Å². The molecule has 78 heavy (non-hydrogen) atoms. The predicted molar refractivity (Wildman–Crippen MR) is 343 cm³/mol. The van der Waals surface area contributed by atoms with Gasteiger partial charge in [0, 0.05) is 12.8 Å². The topological polar surface area (TPSA) is 72.8 Å². The molecular weight excluding hydrogens is 957 g/mol. The zero-order valence-electron chi connectivity index (χ0n) is 50.1. The van der Waals surface area contributed by atoms with Gasteiger partial charge in [0.25, 0.3) is 0 Å². The highest BCUT2D eigenvalue weighted by atomic mass is 16.6. The normalized spacial score (nSPS) is 13.4. The Bertz CT molecular complexity index is 1740. The van der Waals surface area contributed by atoms with E-state index in [1.807, 2.05) is 0 Å². The molecule has 0 fully saturated rings. The lowest BCUT2D eigenvalue weighted by molar-refractivity contribution is -0.161. The first-order valence-corrected chi connectivity index (χ1v) is 31.7. The average Bonchev–Trinajstić information content (AvgIpc) is 3.44. The Morgan fingerprint density at radius 2 is 0.526 bits per heavy atom. The molecule has 0 aromatic rings. The fourth-order valence-corrected chi connectivity index (χ4v) is 8.35. The van der Waals surface area contributed by atoms with Gasteiger partial charge in [0.2, 0.25) is 0 Å². The van der Waals surface area contributed by atoms with Crippen LogP contribution >= 0.6 is 0 Å². The summed E-state index contributed by atoms with van der Waals surface area (Å²) < 4.78 is 10.7. The van der Waals surface area contributed by atoms with Crippen molar-refractivity contribution in [2.24, 2.45) is 0 Å². The summed E-state index contributed by atoms with van der Waals surface area (Å²) in [4.78, 5) is 24.6. The maximum atomic E-state index is 12.3. The predicted octanol–water partition coefficient (Wildman–Crippen LogP) is 22.1. The van der Waals surface area contributed by atoms with E-state index in [4.69, 9.17) is 9.47 Å². The number of ether oxygens (including phenoxy) is 2. The Hall–Kier alpha value is -4.74. The van der Waals surface area contributed by atoms with Crippen molar-refractivity contribution < 1.29 is 24.2 Å². The lowest BCUT2D eigenvalue weighted by atomic mass is 10.0. The fourth-order valence-electron chi connectivity index (χ4n) is 8.35. The Kier molecular flexibility index (Phi) is 62.5. The molecule has 0 heterocycles. The van der Waals surface area contributed by atoms with E-state index in [1.54, 1.807) is 0 Å². The monoisotopic (exact) mass is 1070 g/mol. The summed E-state index contributed by atoms with van der Waals surface area (Å²) in [6.07, 6.45) is 104. The second-order valence-electron chi connectivity index (χ2n) is 20.4. The summed E-state index contributed by atoms with van der Waals surface area (Å²) >= 11 is 0. The number of esters is 2. The lowest BCUT2D eigenvalue weighted by Crippen LogP contribution is -2.28. The minimum Gasteiger partial charge on any atom is -0.462 e. The first-order chi connectivity index (χ1) is 38.6. The fraction of sp³-hybridized carbons (Fsp3) is 0.589. The van der Waals surface area contributed by atoms with Crippen molar-refractivity contribution in [1.29, 1.82) is 0 Å². The van der Waals surface area contributed by atoms with Crippen LogP contribution in [0.15, 0.2) is 170 Å². The van der Waals surface area contributed by atoms with Gasteiger partial charge in [-0.2, -0.15) is 0 Å². The number of hydrogen-bond acceptors (Lipinski definition) is 5. The summed E-state index contributed by atoms with van der Waals surface area (Å²) in [7, 11) is 0. The first-order valence-electron chi connectivity index (χ1n) is 31.7. The standard InChI is InChI=1S/C73H116O5/c1-3-5-7-9-11-13-15-17-19-21-23-25-27-29-31-33-34-35-36-37-38-40-41-43-45-47-49-51-53-55-57-59-61-63-65-67-72(75)77-70-71(69-74)78-73(76)68-66-64-62-60-58-56-54-52-50-48-46-44-42-39-32-30-28-26-24-22-20-18-16-14-12-10-8-6-4-2/h5-8,11-14,17-20,23-26,29-32,42,44,48,50,54,56,60,62,71,74H,3-4,9-10,15-16,21-22,27-28,33-41,43,45-47,49,51-53,55,57-59,61,63-70H2,1-2H3/b7-5-,8-6-,13-11-,14-12-,19-17-,20-18-,25-23-,26-24-,31-29-,32-30-,44-42-,50-48-,56-54-,62-60-. The smallest absolute Gasteiger partial charge is 0.306 e. The molecule has 5 heteroatoms. The molecule has 0 amide bonds. The molecule has 0 aromatic carbocycles. The Labute approximate surface area is 481 Å². The van der Waals surface area contributed by atoms with E-state index < -0.39 is 6.10 Å². The summed E-state index contributed by atoms with van der Waals surface area (Å²) in [5.74, 6) is -0.666. The minimum atomic E-state index is -0.815. The second-order valence-corrected chi connectivity index (χ2v) is 20.4. The van der Waals surface area contributed by atoms with Crippen molar-refractivity contribution in [3.63, 3.8) is 0 Å². The van der Waals surface area contributed by atoms with E-state index in [9.17, 15) is 14.7 Å². The first kappa shape index (κ1) is 73.3. The highest BCUT2D eigenvalue weighted by molar-refractivity contribution is 5.70. The number of carbonyl (C=O) groups is 2. The molecule has 1 atom stereocenters. The van der Waals surface area contributed by atoms with Gasteiger partial charge in [-0.15, -0.1) is 0 Å². The zero-order chi connectivity index (χ0) is 56.2. The van der Waals surface area contributed by atoms with Gasteiger partial charge in [-0.05, 0) is 122 Å².